The van der Waals surface area contributed by atoms with Gasteiger partial charge in [-0.25, -0.2) is 12.1 Å². The van der Waals surface area contributed by atoms with E-state index in [0.29, 0.717) is 0 Å². The standard InChI is InChI=1S/C23H29.C15H14.C5H5.2ClH.Hf/c1-14-9-16-11-17-10-15(2)21(23(6,7)8)13-19(17)18(16)12-20(14)22(3,4)5;1-12-5-3-7-14(9-12)11-15-8-4-6-13(2)10-15;1-2-4-5-3-1;;;/h9,12-13H,11H2,1-8H3;3-10H,1-2H3;1-5H;2*1H;/q-1;;-1;;;+2/p-2. The number of fused-ring (bicyclic) bond motifs is 3. The Morgan fingerprint density at radius 2 is 1.15 bits per heavy atom. The van der Waals surface area contributed by atoms with Crippen molar-refractivity contribution in [3.05, 3.63) is 159 Å². The first-order valence-corrected chi connectivity index (χ1v) is 17.5. The maximum atomic E-state index is 3.69. The number of hydrogen-bond donors (Lipinski definition) is 0. The molecule has 0 bridgehead atoms. The molecule has 0 saturated carbocycles. The van der Waals surface area contributed by atoms with Crippen molar-refractivity contribution in [2.24, 2.45) is 0 Å². The van der Waals surface area contributed by atoms with E-state index in [4.69, 9.17) is 0 Å². The van der Waals surface area contributed by atoms with Gasteiger partial charge in [-0.05, 0) is 35.4 Å². The molecular formula is C43H48Cl2Hf-2. The van der Waals surface area contributed by atoms with Crippen LogP contribution < -0.4 is 24.8 Å². The summed E-state index contributed by atoms with van der Waals surface area (Å²) < 4.78 is 1.48. The Bertz CT molecular complexity index is 1610. The van der Waals surface area contributed by atoms with Gasteiger partial charge in [-0.15, -0.1) is 16.7 Å². The average molecular weight is 814 g/mol. The molecule has 6 rings (SSSR count). The van der Waals surface area contributed by atoms with Crippen LogP contribution in [0.4, 0.5) is 0 Å². The fraction of sp³-hybridized carbons (Fsp3) is 0.302. The van der Waals surface area contributed by atoms with E-state index in [1.807, 2.05) is 30.3 Å². The van der Waals surface area contributed by atoms with Crippen LogP contribution >= 0.6 is 0 Å². The first-order chi connectivity index (χ1) is 20.6. The molecule has 0 amide bonds. The van der Waals surface area contributed by atoms with Gasteiger partial charge in [0.25, 0.3) is 0 Å². The molecule has 0 saturated heterocycles. The van der Waals surface area contributed by atoms with Crippen molar-refractivity contribution < 1.29 is 48.7 Å². The fourth-order valence-corrected chi connectivity index (χ4v) is 7.23. The topological polar surface area (TPSA) is 0 Å². The Morgan fingerprint density at radius 1 is 0.652 bits per heavy atom. The molecule has 0 fully saturated rings. The van der Waals surface area contributed by atoms with Gasteiger partial charge in [-0.3, -0.25) is 0 Å². The second-order valence-electron chi connectivity index (χ2n) is 14.3. The third-order valence-electron chi connectivity index (χ3n) is 8.25. The third-order valence-corrected chi connectivity index (χ3v) is 10.3. The maximum Gasteiger partial charge on any atom is -0.172 e. The van der Waals surface area contributed by atoms with Crippen LogP contribution in [-0.2, 0) is 41.1 Å². The van der Waals surface area contributed by atoms with Crippen molar-refractivity contribution in [2.75, 3.05) is 0 Å². The molecule has 240 valence electrons. The van der Waals surface area contributed by atoms with Gasteiger partial charge >= 0.3 is 112 Å². The van der Waals surface area contributed by atoms with Crippen molar-refractivity contribution in [1.29, 1.82) is 0 Å². The number of aryl methyl sites for hydroxylation is 4. The van der Waals surface area contributed by atoms with Crippen LogP contribution in [0.2, 0.25) is 0 Å². The zero-order chi connectivity index (χ0) is 32.2. The molecule has 0 aliphatic heterocycles. The van der Waals surface area contributed by atoms with E-state index in [1.54, 1.807) is 0 Å². The Hall–Kier alpha value is -2.45. The molecule has 0 aromatic heterocycles. The van der Waals surface area contributed by atoms with E-state index in [2.05, 4.69) is 142 Å². The van der Waals surface area contributed by atoms with Crippen LogP contribution in [0, 0.1) is 33.8 Å². The van der Waals surface area contributed by atoms with Gasteiger partial charge < -0.3 is 24.8 Å². The van der Waals surface area contributed by atoms with E-state index in [0.717, 1.165) is 30.3 Å². The number of hydrogen-bond acceptors (Lipinski definition) is 0. The Labute approximate surface area is 306 Å². The molecule has 1 aliphatic carbocycles. The predicted octanol–water partition coefficient (Wildman–Crippen LogP) is 5.10. The molecule has 0 nitrogen and oxygen atoms in total. The van der Waals surface area contributed by atoms with Crippen LogP contribution in [0.5, 0.6) is 0 Å². The van der Waals surface area contributed by atoms with Crippen LogP contribution in [0.3, 0.4) is 0 Å². The number of benzene rings is 4. The summed E-state index contributed by atoms with van der Waals surface area (Å²) in [5.41, 5.74) is 17.0. The van der Waals surface area contributed by atoms with E-state index in [1.165, 1.54) is 70.0 Å². The molecule has 0 radical (unpaired) electrons. The fourth-order valence-electron chi connectivity index (χ4n) is 6.11. The minimum Gasteiger partial charge on any atom is -1.00 e. The van der Waals surface area contributed by atoms with Crippen molar-refractivity contribution in [2.45, 2.75) is 86.5 Å². The summed E-state index contributed by atoms with van der Waals surface area (Å²) in [6.45, 7) is 22.5. The van der Waals surface area contributed by atoms with Crippen LogP contribution in [0.25, 0.3) is 11.1 Å². The predicted molar refractivity (Wildman–Crippen MR) is 188 cm³/mol. The summed E-state index contributed by atoms with van der Waals surface area (Å²) in [5, 5.41) is 0. The molecule has 46 heavy (non-hydrogen) atoms. The molecule has 0 atom stereocenters. The second kappa shape index (κ2) is 16.6. The van der Waals surface area contributed by atoms with E-state index in [9.17, 15) is 0 Å². The molecule has 5 aromatic carbocycles. The Morgan fingerprint density at radius 3 is 1.59 bits per heavy atom. The smallest absolute Gasteiger partial charge is 0.172 e. The molecular weight excluding hydrogens is 766 g/mol. The number of halogens is 2. The summed E-state index contributed by atoms with van der Waals surface area (Å²) >= 11 is 1.08. The summed E-state index contributed by atoms with van der Waals surface area (Å²) in [5.74, 6) is 0. The molecule has 5 aromatic rings. The Kier molecular flexibility index (Phi) is 14.3. The van der Waals surface area contributed by atoms with E-state index < -0.39 is 0 Å². The summed E-state index contributed by atoms with van der Waals surface area (Å²) in [6, 6.07) is 38.5. The van der Waals surface area contributed by atoms with Gasteiger partial charge in [-0.1, -0.05) is 71.6 Å². The second-order valence-corrected chi connectivity index (χ2v) is 16.1. The van der Waals surface area contributed by atoms with Crippen LogP contribution in [0.1, 0.15) is 97.2 Å². The summed E-state index contributed by atoms with van der Waals surface area (Å²) in [7, 11) is 0. The molecule has 0 heterocycles. The zero-order valence-corrected chi connectivity index (χ0v) is 34.3. The van der Waals surface area contributed by atoms with Gasteiger partial charge in [0.2, 0.25) is 0 Å². The number of rotatable bonds is 2. The summed E-state index contributed by atoms with van der Waals surface area (Å²) in [6.07, 6.45) is 1.03. The van der Waals surface area contributed by atoms with E-state index in [-0.39, 0.29) is 35.6 Å². The van der Waals surface area contributed by atoms with Crippen LogP contribution in [0.15, 0.2) is 97.1 Å². The average Bonchev–Trinajstić information content (AvgIpc) is 3.62. The minimum atomic E-state index is 0. The SMILES string of the molecule is Cc1[c-]c2c(cc1C(C)(C)C)-c1cc(C(C)(C)C)c(C)cc1C2.Cc1cccc([C](=[Hf+2])c2cccc(C)c2)c1.[Cl-].[Cl-].c1cc[cH-]c1. The van der Waals surface area contributed by atoms with Gasteiger partial charge in [0.15, 0.2) is 0 Å². The van der Waals surface area contributed by atoms with Gasteiger partial charge in [0.05, 0.1) is 0 Å². The normalized spacial score (nSPS) is 11.4. The molecule has 0 N–H and O–H groups in total. The van der Waals surface area contributed by atoms with Crippen molar-refractivity contribution >= 4 is 3.26 Å². The minimum absolute atomic E-state index is 0. The van der Waals surface area contributed by atoms with Crippen molar-refractivity contribution in [3.63, 3.8) is 0 Å². The molecule has 0 spiro atoms. The Balaban J connectivity index is 0.000000278. The third kappa shape index (κ3) is 10.0. The van der Waals surface area contributed by atoms with Gasteiger partial charge in [0, 0.05) is 0 Å². The largest absolute Gasteiger partial charge is 1.00 e. The maximum absolute atomic E-state index is 3.69. The van der Waals surface area contributed by atoms with Gasteiger partial charge in [0.1, 0.15) is 0 Å². The molecule has 3 heteroatoms. The van der Waals surface area contributed by atoms with Crippen molar-refractivity contribution in [3.8, 4) is 11.1 Å². The quantitative estimate of drug-likeness (QED) is 0.169. The first-order valence-electron chi connectivity index (χ1n) is 15.7. The summed E-state index contributed by atoms with van der Waals surface area (Å²) in [4.78, 5) is 0. The zero-order valence-electron chi connectivity index (χ0n) is 29.2. The van der Waals surface area contributed by atoms with Crippen LogP contribution in [-0.4, -0.2) is 3.26 Å². The monoisotopic (exact) mass is 814 g/mol. The first kappa shape index (κ1) is 39.7. The molecule has 1 aliphatic rings. The van der Waals surface area contributed by atoms with Crippen molar-refractivity contribution in [1.82, 2.24) is 0 Å². The molecule has 0 unspecified atom stereocenters. The van der Waals surface area contributed by atoms with Gasteiger partial charge in [-0.2, -0.15) is 35.9 Å². The van der Waals surface area contributed by atoms with E-state index >= 15 is 0 Å².